The van der Waals surface area contributed by atoms with E-state index in [1.54, 1.807) is 24.7 Å². The van der Waals surface area contributed by atoms with E-state index < -0.39 is 0 Å². The number of hydrogen-bond donors (Lipinski definition) is 2. The molecule has 2 aromatic rings. The number of carbonyl (C=O) groups is 1. The number of aromatic nitrogens is 2. The molecule has 0 aliphatic heterocycles. The summed E-state index contributed by atoms with van der Waals surface area (Å²) < 4.78 is 0. The van der Waals surface area contributed by atoms with E-state index in [9.17, 15) is 4.79 Å². The predicted molar refractivity (Wildman–Crippen MR) is 78.4 cm³/mol. The van der Waals surface area contributed by atoms with Crippen LogP contribution in [0.15, 0.2) is 42.9 Å². The summed E-state index contributed by atoms with van der Waals surface area (Å²) in [6.07, 6.45) is 5.00. The highest BCUT2D eigenvalue weighted by Gasteiger charge is 2.08. The Kier molecular flexibility index (Phi) is 4.65. The third-order valence-electron chi connectivity index (χ3n) is 2.62. The second kappa shape index (κ2) is 6.65. The van der Waals surface area contributed by atoms with Gasteiger partial charge < -0.3 is 10.6 Å². The smallest absolute Gasteiger partial charge is 0.253 e. The Morgan fingerprint density at radius 2 is 2.15 bits per heavy atom. The van der Waals surface area contributed by atoms with Gasteiger partial charge in [-0.25, -0.2) is 0 Å². The van der Waals surface area contributed by atoms with Gasteiger partial charge in [0.2, 0.25) is 0 Å². The minimum absolute atomic E-state index is 0.104. The third kappa shape index (κ3) is 4.05. The lowest BCUT2D eigenvalue weighted by atomic mass is 10.2. The number of carbonyl (C=O) groups excluding carboxylic acids is 1. The van der Waals surface area contributed by atoms with Crippen molar-refractivity contribution in [3.05, 3.63) is 54.1 Å². The number of pyridine rings is 2. The van der Waals surface area contributed by atoms with Crippen LogP contribution in [0.5, 0.6) is 0 Å². The standard InChI is InChI=1S/C15H18N4O/c1-11(2)19-15(20)12-7-14(9-16-8-12)18-10-13-5-3-4-6-17-13/h3-9,11,18H,10H2,1-2H3,(H,19,20). The maximum atomic E-state index is 11.9. The molecule has 104 valence electrons. The molecule has 0 atom stereocenters. The Hall–Kier alpha value is -2.43. The first-order valence-electron chi connectivity index (χ1n) is 6.55. The Morgan fingerprint density at radius 1 is 1.30 bits per heavy atom. The van der Waals surface area contributed by atoms with Crippen molar-refractivity contribution >= 4 is 11.6 Å². The quantitative estimate of drug-likeness (QED) is 0.874. The van der Waals surface area contributed by atoms with Crippen LogP contribution in [0.4, 0.5) is 5.69 Å². The van der Waals surface area contributed by atoms with Crippen LogP contribution in [0.3, 0.4) is 0 Å². The number of nitrogens with zero attached hydrogens (tertiary/aromatic N) is 2. The number of nitrogens with one attached hydrogen (secondary N) is 2. The molecule has 0 unspecified atom stereocenters. The van der Waals surface area contributed by atoms with E-state index in [0.29, 0.717) is 12.1 Å². The van der Waals surface area contributed by atoms with Gasteiger partial charge in [0.25, 0.3) is 5.91 Å². The molecule has 0 aliphatic rings. The van der Waals surface area contributed by atoms with Gasteiger partial charge >= 0.3 is 0 Å². The van der Waals surface area contributed by atoms with Crippen LogP contribution in [0, 0.1) is 0 Å². The zero-order valence-corrected chi connectivity index (χ0v) is 11.6. The Morgan fingerprint density at radius 3 is 2.85 bits per heavy atom. The monoisotopic (exact) mass is 270 g/mol. The highest BCUT2D eigenvalue weighted by Crippen LogP contribution is 2.10. The van der Waals surface area contributed by atoms with Gasteiger partial charge in [0, 0.05) is 24.6 Å². The molecule has 0 radical (unpaired) electrons. The summed E-state index contributed by atoms with van der Waals surface area (Å²) in [5.41, 5.74) is 2.28. The molecule has 0 aromatic carbocycles. The summed E-state index contributed by atoms with van der Waals surface area (Å²) in [6.45, 7) is 4.45. The number of anilines is 1. The molecule has 0 fully saturated rings. The van der Waals surface area contributed by atoms with Gasteiger partial charge in [0.15, 0.2) is 0 Å². The molecular weight excluding hydrogens is 252 g/mol. The topological polar surface area (TPSA) is 66.9 Å². The molecule has 0 bridgehead atoms. The lowest BCUT2D eigenvalue weighted by Gasteiger charge is -2.10. The Labute approximate surface area is 118 Å². The lowest BCUT2D eigenvalue weighted by molar-refractivity contribution is 0.0943. The van der Waals surface area contributed by atoms with Crippen LogP contribution >= 0.6 is 0 Å². The summed E-state index contributed by atoms with van der Waals surface area (Å²) in [4.78, 5) is 20.2. The lowest BCUT2D eigenvalue weighted by Crippen LogP contribution is -2.30. The van der Waals surface area contributed by atoms with Crippen LogP contribution in [-0.2, 0) is 6.54 Å². The van der Waals surface area contributed by atoms with Gasteiger partial charge in [-0.2, -0.15) is 0 Å². The SMILES string of the molecule is CC(C)NC(=O)c1cncc(NCc2ccccn2)c1. The average Bonchev–Trinajstić information content (AvgIpc) is 2.46. The molecule has 1 amide bonds. The minimum Gasteiger partial charge on any atom is -0.378 e. The zero-order valence-electron chi connectivity index (χ0n) is 11.6. The number of rotatable bonds is 5. The molecule has 2 rings (SSSR count). The largest absolute Gasteiger partial charge is 0.378 e. The third-order valence-corrected chi connectivity index (χ3v) is 2.62. The van der Waals surface area contributed by atoms with E-state index in [1.165, 1.54) is 0 Å². The fraction of sp³-hybridized carbons (Fsp3) is 0.267. The second-order valence-corrected chi connectivity index (χ2v) is 4.77. The van der Waals surface area contributed by atoms with Crippen LogP contribution in [0.25, 0.3) is 0 Å². The summed E-state index contributed by atoms with van der Waals surface area (Å²) in [6, 6.07) is 7.65. The van der Waals surface area contributed by atoms with Crippen LogP contribution < -0.4 is 10.6 Å². The predicted octanol–water partition coefficient (Wildman–Crippen LogP) is 2.23. The fourth-order valence-corrected chi connectivity index (χ4v) is 1.70. The van der Waals surface area contributed by atoms with Crippen molar-refractivity contribution in [3.8, 4) is 0 Å². The van der Waals surface area contributed by atoms with E-state index in [1.807, 2.05) is 32.0 Å². The highest BCUT2D eigenvalue weighted by atomic mass is 16.1. The maximum absolute atomic E-state index is 11.9. The number of hydrogen-bond acceptors (Lipinski definition) is 4. The summed E-state index contributed by atoms with van der Waals surface area (Å²) in [5.74, 6) is -0.117. The average molecular weight is 270 g/mol. The van der Waals surface area contributed by atoms with Crippen molar-refractivity contribution < 1.29 is 4.79 Å². The molecule has 2 aromatic heterocycles. The first-order chi connectivity index (χ1) is 9.65. The van der Waals surface area contributed by atoms with Crippen molar-refractivity contribution in [2.45, 2.75) is 26.4 Å². The molecule has 5 nitrogen and oxygen atoms in total. The molecule has 2 N–H and O–H groups in total. The summed E-state index contributed by atoms with van der Waals surface area (Å²) in [5, 5.41) is 6.05. The Bertz CT molecular complexity index is 569. The summed E-state index contributed by atoms with van der Waals surface area (Å²) >= 11 is 0. The van der Waals surface area contributed by atoms with Gasteiger partial charge in [-0.1, -0.05) is 6.07 Å². The highest BCUT2D eigenvalue weighted by molar-refractivity contribution is 5.94. The summed E-state index contributed by atoms with van der Waals surface area (Å²) in [7, 11) is 0. The van der Waals surface area contributed by atoms with Crippen molar-refractivity contribution in [2.24, 2.45) is 0 Å². The van der Waals surface area contributed by atoms with Crippen molar-refractivity contribution in [1.82, 2.24) is 15.3 Å². The molecule has 0 aliphatic carbocycles. The first kappa shape index (κ1) is 14.0. The van der Waals surface area contributed by atoms with E-state index in [4.69, 9.17) is 0 Å². The fourth-order valence-electron chi connectivity index (χ4n) is 1.70. The van der Waals surface area contributed by atoms with Crippen LogP contribution in [-0.4, -0.2) is 21.9 Å². The van der Waals surface area contributed by atoms with Gasteiger partial charge in [-0.05, 0) is 32.0 Å². The molecule has 0 saturated carbocycles. The molecule has 0 spiro atoms. The van der Waals surface area contributed by atoms with Crippen LogP contribution in [0.1, 0.15) is 29.9 Å². The molecule has 5 heteroatoms. The Balaban J connectivity index is 2.01. The normalized spacial score (nSPS) is 10.3. The van der Waals surface area contributed by atoms with Crippen molar-refractivity contribution in [2.75, 3.05) is 5.32 Å². The van der Waals surface area contributed by atoms with Crippen molar-refractivity contribution in [1.29, 1.82) is 0 Å². The zero-order chi connectivity index (χ0) is 14.4. The second-order valence-electron chi connectivity index (χ2n) is 4.77. The molecule has 2 heterocycles. The van der Waals surface area contributed by atoms with Gasteiger partial charge in [0.1, 0.15) is 0 Å². The van der Waals surface area contributed by atoms with Gasteiger partial charge in [-0.3, -0.25) is 14.8 Å². The minimum atomic E-state index is -0.117. The maximum Gasteiger partial charge on any atom is 0.253 e. The van der Waals surface area contributed by atoms with E-state index in [-0.39, 0.29) is 11.9 Å². The molecular formula is C15H18N4O. The molecule has 20 heavy (non-hydrogen) atoms. The first-order valence-corrected chi connectivity index (χ1v) is 6.55. The van der Waals surface area contributed by atoms with Gasteiger partial charge in [-0.15, -0.1) is 0 Å². The van der Waals surface area contributed by atoms with E-state index in [0.717, 1.165) is 11.4 Å². The van der Waals surface area contributed by atoms with E-state index >= 15 is 0 Å². The molecule has 0 saturated heterocycles. The van der Waals surface area contributed by atoms with Crippen molar-refractivity contribution in [3.63, 3.8) is 0 Å². The number of amides is 1. The van der Waals surface area contributed by atoms with Gasteiger partial charge in [0.05, 0.1) is 23.5 Å². The van der Waals surface area contributed by atoms with Crippen LogP contribution in [0.2, 0.25) is 0 Å². The van der Waals surface area contributed by atoms with E-state index in [2.05, 4.69) is 20.6 Å².